The van der Waals surface area contributed by atoms with Gasteiger partial charge < -0.3 is 112 Å². The van der Waals surface area contributed by atoms with Gasteiger partial charge in [0.05, 0.1) is 6.33 Å². The monoisotopic (exact) mass is 1490 g/mol. The first kappa shape index (κ1) is 89.1. The summed E-state index contributed by atoms with van der Waals surface area (Å²) in [6.07, 6.45) is 6.90. The van der Waals surface area contributed by atoms with E-state index in [4.69, 9.17) is 17.2 Å². The van der Waals surface area contributed by atoms with Crippen molar-refractivity contribution in [2.75, 3.05) is 13.1 Å². The third kappa shape index (κ3) is 29.9. The molecular weight excluding hydrogens is 1380 g/mol. The van der Waals surface area contributed by atoms with Crippen LogP contribution in [0.15, 0.2) is 43.0 Å². The quantitative estimate of drug-likeness (QED) is 0.0234. The zero-order chi connectivity index (χ0) is 79.8. The molecule has 0 fully saturated rings. The molecular formula is C67H106N22O17. The molecule has 17 amide bonds. The Bertz CT molecular complexity index is 3590. The number of imidazole rings is 1. The number of nitrogens with one attached hydrogen (secondary N) is 18. The Balaban J connectivity index is 1.41. The van der Waals surface area contributed by atoms with Crippen LogP contribution in [0.25, 0.3) is 10.9 Å². The normalized spacial score (nSPS) is 15.6. The van der Waals surface area contributed by atoms with E-state index in [1.165, 1.54) is 103 Å². The molecule has 1 aromatic carbocycles. The number of hydrogen-bond acceptors (Lipinski definition) is 20. The summed E-state index contributed by atoms with van der Waals surface area (Å²) in [5.74, 6) is -13.4. The first-order chi connectivity index (χ1) is 49.8. The van der Waals surface area contributed by atoms with Crippen molar-refractivity contribution in [1.82, 2.24) is 100 Å². The van der Waals surface area contributed by atoms with Crippen molar-refractivity contribution in [2.45, 2.75) is 238 Å². The van der Waals surface area contributed by atoms with Gasteiger partial charge in [-0.25, -0.2) is 4.98 Å². The van der Waals surface area contributed by atoms with Crippen LogP contribution in [0.3, 0.4) is 0 Å². The highest BCUT2D eigenvalue weighted by Crippen LogP contribution is 2.20. The Labute approximate surface area is 613 Å². The number of fused-ring (bicyclic) bond motifs is 1. The molecule has 16 atom stereocenters. The first-order valence-corrected chi connectivity index (χ1v) is 34.8. The van der Waals surface area contributed by atoms with Crippen LogP contribution < -0.4 is 102 Å². The third-order valence-corrected chi connectivity index (χ3v) is 16.6. The number of amides is 17. The van der Waals surface area contributed by atoms with Crippen LogP contribution in [0.1, 0.15) is 140 Å². The number of para-hydroxylation sites is 1. The Kier molecular flexibility index (Phi) is 36.9. The van der Waals surface area contributed by atoms with Crippen LogP contribution in [0, 0.1) is 0 Å². The van der Waals surface area contributed by atoms with Crippen LogP contribution in [-0.4, -0.2) is 225 Å². The highest BCUT2D eigenvalue weighted by Gasteiger charge is 2.35. The van der Waals surface area contributed by atoms with E-state index in [0.29, 0.717) is 44.5 Å². The smallest absolute Gasteiger partial charge is 0.243 e. The second kappa shape index (κ2) is 43.9. The largest absolute Gasteiger partial charge is 0.368 e. The van der Waals surface area contributed by atoms with Gasteiger partial charge in [0, 0.05) is 48.8 Å². The number of hydrogen-bond donors (Lipinski definition) is 21. The summed E-state index contributed by atoms with van der Waals surface area (Å²) in [6, 6.07) is -12.4. The molecule has 0 bridgehead atoms. The molecule has 0 radical (unpaired) electrons. The highest BCUT2D eigenvalue weighted by molar-refractivity contribution is 6.01. The summed E-state index contributed by atoms with van der Waals surface area (Å²) in [6.45, 7) is 17.5. The predicted molar refractivity (Wildman–Crippen MR) is 384 cm³/mol. The highest BCUT2D eigenvalue weighted by atomic mass is 16.2. The van der Waals surface area contributed by atoms with Gasteiger partial charge in [0.2, 0.25) is 100 Å². The summed E-state index contributed by atoms with van der Waals surface area (Å²) in [5, 5.41) is 40.3. The number of carbonyl (C=O) groups is 17. The van der Waals surface area contributed by atoms with Crippen LogP contribution in [0.2, 0.25) is 0 Å². The number of carbonyl (C=O) groups excluding carboxylic acids is 17. The molecule has 2 aromatic heterocycles. The van der Waals surface area contributed by atoms with Gasteiger partial charge in [0.15, 0.2) is 0 Å². The average molecular weight is 1490 g/mol. The van der Waals surface area contributed by atoms with E-state index in [1.807, 2.05) is 24.3 Å². The molecule has 3 aromatic rings. The third-order valence-electron chi connectivity index (χ3n) is 16.6. The second-order valence-electron chi connectivity index (χ2n) is 26.0. The van der Waals surface area contributed by atoms with E-state index < -0.39 is 197 Å². The fraction of sp³-hybridized carbons (Fsp3) is 0.582. The van der Waals surface area contributed by atoms with Crippen LogP contribution in [-0.2, 0) is 94.3 Å². The van der Waals surface area contributed by atoms with Gasteiger partial charge in [-0.3, -0.25) is 81.5 Å². The number of nitrogens with two attached hydrogens (primary N) is 3. The number of rotatable bonds is 44. The van der Waals surface area contributed by atoms with Crippen molar-refractivity contribution in [2.24, 2.45) is 17.2 Å². The summed E-state index contributed by atoms with van der Waals surface area (Å²) in [5.41, 5.74) is 18.8. The van der Waals surface area contributed by atoms with E-state index in [9.17, 15) is 81.5 Å². The number of nitrogens with zero attached hydrogens (tertiary/aromatic N) is 1. The van der Waals surface area contributed by atoms with Gasteiger partial charge in [-0.05, 0) is 146 Å². The Morgan fingerprint density at radius 2 is 0.632 bits per heavy atom. The van der Waals surface area contributed by atoms with Crippen LogP contribution in [0.5, 0.6) is 0 Å². The molecule has 2 heterocycles. The summed E-state index contributed by atoms with van der Waals surface area (Å²) < 4.78 is 0. The van der Waals surface area contributed by atoms with Gasteiger partial charge >= 0.3 is 0 Å². The molecule has 0 unspecified atom stereocenters. The zero-order valence-corrected chi connectivity index (χ0v) is 62.0. The average Bonchev–Trinajstić information content (AvgIpc) is 1.67. The summed E-state index contributed by atoms with van der Waals surface area (Å²) in [4.78, 5) is 233. The number of primary amides is 1. The molecule has 0 saturated carbocycles. The van der Waals surface area contributed by atoms with E-state index in [-0.39, 0.29) is 25.7 Å². The number of unbranched alkanes of at least 4 members (excludes halogenated alkanes) is 2. The Hall–Kier alpha value is -11.1. The molecule has 0 aliphatic carbocycles. The first-order valence-electron chi connectivity index (χ1n) is 34.8. The fourth-order valence-electron chi connectivity index (χ4n) is 10.0. The molecule has 0 spiro atoms. The maximum absolute atomic E-state index is 13.7. The lowest BCUT2D eigenvalue weighted by atomic mass is 10.0. The number of aromatic amines is 2. The molecule has 586 valence electrons. The second-order valence-corrected chi connectivity index (χ2v) is 26.0. The number of aromatic nitrogens is 3. The maximum Gasteiger partial charge on any atom is 0.243 e. The Morgan fingerprint density at radius 3 is 0.943 bits per heavy atom. The standard InChI is InChI=1S/C67H106N22O17/c1-31(53(92)74-32(2)54(93)76-34(4)56(95)78-36(6)58(97)80-38(8)60(99)82-40(10)62(101)84-42(12)64(103)89-51(27-45-29-71-30-73-45)67(106)87-48(52(70)91)22-16-18-24-68)75-55(94)33(3)77-57(96)35(5)79-59(98)37(7)81-61(100)39(9)83-63(102)41(11)85-65(104)49(23-17-19-25-69)88-66(105)50(86-43(13)90)26-44-28-72-47-21-15-14-20-46(44)47/h14-15,20-21,28-42,48-51,72H,16-19,22-27,68-69H2,1-13H3,(H2,70,91)(H,71,73)(H,74,92)(H,75,94)(H,76,93)(H,77,96)(H,78,95)(H,79,98)(H,80,97)(H,81,100)(H,82,99)(H,83,102)(H,84,101)(H,85,104)(H,86,90)(H,87,106)(H,88,105)(H,89,103)/t31-,32-,33-,34-,35-,36-,37-,38-,39-,40-,41-,42-,48-,49-,50-,51-/m0/s1. The maximum atomic E-state index is 13.7. The van der Waals surface area contributed by atoms with Crippen molar-refractivity contribution >= 4 is 111 Å². The molecule has 0 aliphatic heterocycles. The number of benzene rings is 1. The molecule has 39 heteroatoms. The van der Waals surface area contributed by atoms with Crippen molar-refractivity contribution in [3.05, 3.63) is 54.2 Å². The fourth-order valence-corrected chi connectivity index (χ4v) is 10.0. The van der Waals surface area contributed by atoms with Gasteiger partial charge in [-0.1, -0.05) is 18.2 Å². The van der Waals surface area contributed by atoms with Crippen molar-refractivity contribution in [1.29, 1.82) is 0 Å². The van der Waals surface area contributed by atoms with Gasteiger partial charge in [-0.15, -0.1) is 0 Å². The zero-order valence-electron chi connectivity index (χ0n) is 62.0. The van der Waals surface area contributed by atoms with E-state index >= 15 is 0 Å². The van der Waals surface area contributed by atoms with Gasteiger partial charge in [-0.2, -0.15) is 0 Å². The van der Waals surface area contributed by atoms with Crippen LogP contribution >= 0.6 is 0 Å². The molecule has 39 nitrogen and oxygen atoms in total. The molecule has 24 N–H and O–H groups in total. The van der Waals surface area contributed by atoms with Crippen molar-refractivity contribution in [3.8, 4) is 0 Å². The topological polar surface area (TPSA) is 605 Å². The van der Waals surface area contributed by atoms with Gasteiger partial charge in [0.1, 0.15) is 96.7 Å². The molecule has 3 rings (SSSR count). The van der Waals surface area contributed by atoms with E-state index in [1.54, 1.807) is 6.20 Å². The minimum Gasteiger partial charge on any atom is -0.368 e. The SMILES string of the molecule is CC(=O)N[C@@H](Cc1c[nH]c2ccccc12)C(=O)N[C@@H](CCCCN)C(=O)N[C@@H](C)C(=O)N[C@@H](C)C(=O)N[C@@H](C)C(=O)N[C@@H](C)C(=O)N[C@@H](C)C(=O)N[C@@H](C)C(=O)N[C@@H](C)C(=O)N[C@@H](C)C(=O)N[C@@H](C)C(=O)N[C@@H](C)C(=O)N[C@@H](C)C(=O)N[C@@H](C)C(=O)N[C@@H](Cc1cnc[nH]1)C(=O)N[C@@H](CCCCN)C(N)=O. The molecule has 0 saturated heterocycles. The minimum atomic E-state index is -1.30. The lowest BCUT2D eigenvalue weighted by Gasteiger charge is -2.25. The lowest BCUT2D eigenvalue weighted by molar-refractivity contribution is -0.135. The van der Waals surface area contributed by atoms with Gasteiger partial charge in [0.25, 0.3) is 0 Å². The van der Waals surface area contributed by atoms with E-state index in [0.717, 1.165) is 16.5 Å². The van der Waals surface area contributed by atoms with E-state index in [2.05, 4.69) is 100 Å². The van der Waals surface area contributed by atoms with Crippen molar-refractivity contribution < 1.29 is 81.5 Å². The summed E-state index contributed by atoms with van der Waals surface area (Å²) in [7, 11) is 0. The van der Waals surface area contributed by atoms with Crippen LogP contribution in [0.4, 0.5) is 0 Å². The lowest BCUT2D eigenvalue weighted by Crippen LogP contribution is -2.59. The Morgan fingerprint density at radius 1 is 0.349 bits per heavy atom. The minimum absolute atomic E-state index is 0.0780. The van der Waals surface area contributed by atoms with Crippen molar-refractivity contribution in [3.63, 3.8) is 0 Å². The number of H-pyrrole nitrogens is 2. The summed E-state index contributed by atoms with van der Waals surface area (Å²) >= 11 is 0. The molecule has 0 aliphatic rings. The predicted octanol–water partition coefficient (Wildman–Crippen LogP) is -6.56. The molecule has 106 heavy (non-hydrogen) atoms.